The van der Waals surface area contributed by atoms with Crippen LogP contribution >= 0.6 is 11.8 Å². The molecule has 1 atom stereocenters. The Morgan fingerprint density at radius 3 is 2.71 bits per heavy atom. The molecule has 4 nitrogen and oxygen atoms in total. The molecule has 1 saturated heterocycles. The van der Waals surface area contributed by atoms with Gasteiger partial charge in [0.2, 0.25) is 0 Å². The van der Waals surface area contributed by atoms with Crippen LogP contribution in [0.3, 0.4) is 0 Å². The van der Waals surface area contributed by atoms with Gasteiger partial charge >= 0.3 is 0 Å². The fraction of sp³-hybridized carbons (Fsp3) is 0.312. The Bertz CT molecular complexity index is 620. The monoisotopic (exact) mass is 298 g/mol. The van der Waals surface area contributed by atoms with Crippen molar-refractivity contribution in [2.45, 2.75) is 18.3 Å². The molecule has 4 rings (SSSR count). The molecule has 0 spiro atoms. The van der Waals surface area contributed by atoms with E-state index in [4.69, 9.17) is 4.42 Å². The summed E-state index contributed by atoms with van der Waals surface area (Å²) in [5.74, 6) is 0.794. The van der Waals surface area contributed by atoms with Crippen molar-refractivity contribution in [3.05, 3.63) is 54.9 Å². The van der Waals surface area contributed by atoms with Gasteiger partial charge < -0.3 is 9.32 Å². The first kappa shape index (κ1) is 13.0. The number of anilines is 1. The van der Waals surface area contributed by atoms with E-state index in [9.17, 15) is 0 Å². The van der Waals surface area contributed by atoms with Crippen LogP contribution in [0.25, 0.3) is 4.91 Å². The van der Waals surface area contributed by atoms with E-state index in [2.05, 4.69) is 45.2 Å². The summed E-state index contributed by atoms with van der Waals surface area (Å²) in [4.78, 5) is 9.76. The van der Waals surface area contributed by atoms with Gasteiger partial charge in [-0.1, -0.05) is 30.0 Å². The fourth-order valence-corrected chi connectivity index (χ4v) is 3.99. The van der Waals surface area contributed by atoms with Crippen molar-refractivity contribution < 1.29 is 4.42 Å². The van der Waals surface area contributed by atoms with Crippen LogP contribution in [0.1, 0.15) is 18.6 Å². The number of benzene rings is 1. The number of nitrogens with zero attached hydrogens (tertiary/aromatic N) is 3. The molecule has 2 aliphatic heterocycles. The van der Waals surface area contributed by atoms with Crippen LogP contribution in [0.4, 0.5) is 5.69 Å². The molecule has 1 radical (unpaired) electrons. The summed E-state index contributed by atoms with van der Waals surface area (Å²) in [6.45, 7) is 2.29. The Labute approximate surface area is 128 Å². The lowest BCUT2D eigenvalue weighted by atomic mass is 10.3. The lowest BCUT2D eigenvalue weighted by Gasteiger charge is -2.31. The van der Waals surface area contributed by atoms with E-state index >= 15 is 0 Å². The minimum absolute atomic E-state index is 0.259. The first-order chi connectivity index (χ1) is 10.4. The number of rotatable bonds is 3. The molecule has 0 amide bonds. The Morgan fingerprint density at radius 1 is 1.19 bits per heavy atom. The number of aromatic nitrogens is 1. The Balaban J connectivity index is 1.67. The Morgan fingerprint density at radius 2 is 2.00 bits per heavy atom. The third-order valence-corrected chi connectivity index (χ3v) is 5.06. The summed E-state index contributed by atoms with van der Waals surface area (Å²) in [6, 6.07) is 10.4. The van der Waals surface area contributed by atoms with E-state index in [-0.39, 0.29) is 5.50 Å². The second-order valence-electron chi connectivity index (χ2n) is 5.20. The number of likely N-dealkylation sites (tertiary alicyclic amines) is 1. The standard InChI is InChI=1S/C16H16N3OS/c1-2-6-13(7-3-1)19-11-15(14-10-17-12-20-14)21-16(19)18-8-4-5-9-18/h1-3,6-7,10,12,16H,4-5,8-9H2. The highest BCUT2D eigenvalue weighted by Crippen LogP contribution is 2.43. The number of para-hydroxylation sites is 1. The van der Waals surface area contributed by atoms with Crippen LogP contribution in [0.5, 0.6) is 0 Å². The zero-order valence-corrected chi connectivity index (χ0v) is 12.4. The summed E-state index contributed by atoms with van der Waals surface area (Å²) in [6.07, 6.45) is 9.25. The van der Waals surface area contributed by atoms with E-state index in [0.717, 1.165) is 29.4 Å². The second kappa shape index (κ2) is 5.58. The number of thioether (sulfide) groups is 1. The van der Waals surface area contributed by atoms with Crippen molar-refractivity contribution in [1.29, 1.82) is 0 Å². The molecule has 1 aromatic carbocycles. The summed E-state index contributed by atoms with van der Waals surface area (Å²) < 4.78 is 5.44. The minimum atomic E-state index is 0.259. The molecular weight excluding hydrogens is 282 g/mol. The highest BCUT2D eigenvalue weighted by molar-refractivity contribution is 8.09. The maximum Gasteiger partial charge on any atom is 0.181 e. The van der Waals surface area contributed by atoms with Gasteiger partial charge in [0, 0.05) is 18.8 Å². The molecule has 107 valence electrons. The fourth-order valence-electron chi connectivity index (χ4n) is 2.77. The van der Waals surface area contributed by atoms with E-state index < -0.39 is 0 Å². The predicted octanol–water partition coefficient (Wildman–Crippen LogP) is 3.41. The highest BCUT2D eigenvalue weighted by atomic mass is 32.2. The molecule has 0 bridgehead atoms. The second-order valence-corrected chi connectivity index (χ2v) is 6.26. The molecule has 1 unspecified atom stereocenters. The average Bonchev–Trinajstić information content (AvgIpc) is 3.27. The maximum absolute atomic E-state index is 5.44. The SMILES string of the molecule is [C]1=C(c2cnco2)SC(N2CCCC2)N1c1ccccc1. The zero-order chi connectivity index (χ0) is 14.1. The normalized spacial score (nSPS) is 22.8. The number of oxazole rings is 1. The molecule has 2 aliphatic rings. The van der Waals surface area contributed by atoms with Gasteiger partial charge in [-0.15, -0.1) is 0 Å². The van der Waals surface area contributed by atoms with Crippen molar-refractivity contribution in [2.75, 3.05) is 18.0 Å². The topological polar surface area (TPSA) is 32.5 Å². The van der Waals surface area contributed by atoms with E-state index in [1.165, 1.54) is 19.2 Å². The van der Waals surface area contributed by atoms with Crippen LogP contribution in [0, 0.1) is 6.20 Å². The van der Waals surface area contributed by atoms with Gasteiger partial charge in [-0.2, -0.15) is 0 Å². The largest absolute Gasteiger partial charge is 0.443 e. The van der Waals surface area contributed by atoms with Crippen molar-refractivity contribution >= 4 is 22.4 Å². The lowest BCUT2D eigenvalue weighted by molar-refractivity contribution is 0.320. The average molecular weight is 298 g/mol. The molecule has 21 heavy (non-hydrogen) atoms. The predicted molar refractivity (Wildman–Crippen MR) is 84.3 cm³/mol. The van der Waals surface area contributed by atoms with Crippen LogP contribution in [0.2, 0.25) is 0 Å². The zero-order valence-electron chi connectivity index (χ0n) is 11.6. The molecule has 1 aromatic heterocycles. The van der Waals surface area contributed by atoms with Gasteiger partial charge in [0.1, 0.15) is 5.50 Å². The Kier molecular flexibility index (Phi) is 3.45. The molecule has 3 heterocycles. The summed E-state index contributed by atoms with van der Waals surface area (Å²) >= 11 is 1.79. The van der Waals surface area contributed by atoms with Crippen molar-refractivity contribution in [3.8, 4) is 0 Å². The van der Waals surface area contributed by atoms with Gasteiger partial charge in [0.25, 0.3) is 0 Å². The van der Waals surface area contributed by atoms with Crippen LogP contribution in [-0.4, -0.2) is 28.5 Å². The summed E-state index contributed by atoms with van der Waals surface area (Å²) in [7, 11) is 0. The molecule has 0 N–H and O–H groups in total. The lowest BCUT2D eigenvalue weighted by Crippen LogP contribution is -2.40. The van der Waals surface area contributed by atoms with E-state index in [1.54, 1.807) is 18.0 Å². The molecule has 0 aliphatic carbocycles. The van der Waals surface area contributed by atoms with Gasteiger partial charge in [0.15, 0.2) is 12.2 Å². The smallest absolute Gasteiger partial charge is 0.181 e. The molecule has 5 heteroatoms. The Hall–Kier alpha value is -1.72. The first-order valence-corrected chi connectivity index (χ1v) is 8.07. The van der Waals surface area contributed by atoms with Crippen molar-refractivity contribution in [2.24, 2.45) is 0 Å². The first-order valence-electron chi connectivity index (χ1n) is 7.19. The highest BCUT2D eigenvalue weighted by Gasteiger charge is 2.35. The molecular formula is C16H16N3OS. The van der Waals surface area contributed by atoms with Gasteiger partial charge in [-0.3, -0.25) is 4.90 Å². The summed E-state index contributed by atoms with van der Waals surface area (Å²) in [5.41, 5.74) is 1.42. The van der Waals surface area contributed by atoms with Gasteiger partial charge in [-0.05, 0) is 25.0 Å². The van der Waals surface area contributed by atoms with Crippen molar-refractivity contribution in [3.63, 3.8) is 0 Å². The summed E-state index contributed by atoms with van der Waals surface area (Å²) in [5, 5.41) is 0. The van der Waals surface area contributed by atoms with Gasteiger partial charge in [0.05, 0.1) is 17.3 Å². The van der Waals surface area contributed by atoms with Crippen LogP contribution in [-0.2, 0) is 0 Å². The van der Waals surface area contributed by atoms with E-state index in [0.29, 0.717) is 0 Å². The van der Waals surface area contributed by atoms with Crippen LogP contribution in [0.15, 0.2) is 47.3 Å². The van der Waals surface area contributed by atoms with Crippen molar-refractivity contribution in [1.82, 2.24) is 9.88 Å². The molecule has 0 saturated carbocycles. The third kappa shape index (κ3) is 2.47. The van der Waals surface area contributed by atoms with Gasteiger partial charge in [-0.25, -0.2) is 4.98 Å². The van der Waals surface area contributed by atoms with E-state index in [1.807, 2.05) is 6.07 Å². The maximum atomic E-state index is 5.44. The molecule has 2 aromatic rings. The minimum Gasteiger partial charge on any atom is -0.443 e. The number of hydrogen-bond acceptors (Lipinski definition) is 5. The van der Waals surface area contributed by atoms with Crippen LogP contribution < -0.4 is 4.90 Å². The number of hydrogen-bond donors (Lipinski definition) is 0. The molecule has 1 fully saturated rings. The quantitative estimate of drug-likeness (QED) is 0.867. The third-order valence-electron chi connectivity index (χ3n) is 3.81.